The molecule has 2 heterocycles. The minimum Gasteiger partial charge on any atom is -0.371 e. The highest BCUT2D eigenvalue weighted by molar-refractivity contribution is 7.12. The smallest absolute Gasteiger partial charge is 0.229 e. The molecular weight excluding hydrogens is 366 g/mol. The van der Waals surface area contributed by atoms with Crippen molar-refractivity contribution in [2.45, 2.75) is 33.6 Å². The molecular formula is C23H25N3OS. The predicted molar refractivity (Wildman–Crippen MR) is 117 cm³/mol. The van der Waals surface area contributed by atoms with Crippen LogP contribution in [0.4, 0.5) is 11.4 Å². The Hall–Kier alpha value is -2.66. The van der Waals surface area contributed by atoms with Gasteiger partial charge in [0.15, 0.2) is 0 Å². The van der Waals surface area contributed by atoms with Crippen LogP contribution in [0.3, 0.4) is 0 Å². The van der Waals surface area contributed by atoms with E-state index in [1.807, 2.05) is 13.0 Å². The Kier molecular flexibility index (Phi) is 5.18. The Morgan fingerprint density at radius 1 is 1.18 bits per heavy atom. The highest BCUT2D eigenvalue weighted by atomic mass is 32.1. The number of hydrogen-bond acceptors (Lipinski definition) is 4. The summed E-state index contributed by atoms with van der Waals surface area (Å²) in [6.45, 7) is 8.27. The van der Waals surface area contributed by atoms with Crippen molar-refractivity contribution < 1.29 is 4.79 Å². The molecule has 0 saturated carbocycles. The fourth-order valence-corrected chi connectivity index (χ4v) is 4.69. The quantitative estimate of drug-likeness (QED) is 0.666. The summed E-state index contributed by atoms with van der Waals surface area (Å²) in [6, 6.07) is 14.6. The number of carbonyl (C=O) groups is 1. The molecule has 1 amide bonds. The van der Waals surface area contributed by atoms with E-state index in [2.05, 4.69) is 65.4 Å². The minimum atomic E-state index is -0.00185. The molecule has 28 heavy (non-hydrogen) atoms. The Labute approximate surface area is 170 Å². The maximum atomic E-state index is 12.7. The average Bonchev–Trinajstić information content (AvgIpc) is 3.25. The van der Waals surface area contributed by atoms with E-state index in [0.717, 1.165) is 46.3 Å². The van der Waals surface area contributed by atoms with Crippen LogP contribution in [0, 0.1) is 13.8 Å². The van der Waals surface area contributed by atoms with Crippen molar-refractivity contribution in [3.05, 3.63) is 63.5 Å². The molecule has 3 aromatic rings. The van der Waals surface area contributed by atoms with Crippen molar-refractivity contribution in [2.75, 3.05) is 23.3 Å². The van der Waals surface area contributed by atoms with Crippen molar-refractivity contribution in [3.63, 3.8) is 0 Å². The van der Waals surface area contributed by atoms with Crippen molar-refractivity contribution in [2.24, 2.45) is 0 Å². The number of nitrogens with zero attached hydrogens (tertiary/aromatic N) is 2. The number of aromatic nitrogens is 1. The average molecular weight is 392 g/mol. The lowest BCUT2D eigenvalue weighted by atomic mass is 10.1. The predicted octanol–water partition coefficient (Wildman–Crippen LogP) is 4.99. The van der Waals surface area contributed by atoms with Crippen molar-refractivity contribution in [1.82, 2.24) is 4.98 Å². The monoisotopic (exact) mass is 391 g/mol. The van der Waals surface area contributed by atoms with Gasteiger partial charge in [-0.2, -0.15) is 0 Å². The van der Waals surface area contributed by atoms with Gasteiger partial charge in [-0.25, -0.2) is 4.98 Å². The molecule has 0 spiro atoms. The zero-order valence-corrected chi connectivity index (χ0v) is 17.4. The number of hydrogen-bond donors (Lipinski definition) is 1. The van der Waals surface area contributed by atoms with Crippen LogP contribution in [-0.4, -0.2) is 24.0 Å². The van der Waals surface area contributed by atoms with Gasteiger partial charge in [0.05, 0.1) is 17.1 Å². The molecule has 5 heteroatoms. The van der Waals surface area contributed by atoms with Crippen molar-refractivity contribution >= 4 is 28.6 Å². The van der Waals surface area contributed by atoms with E-state index in [1.54, 1.807) is 11.3 Å². The van der Waals surface area contributed by atoms with Crippen molar-refractivity contribution in [1.29, 1.82) is 0 Å². The maximum absolute atomic E-state index is 12.7. The van der Waals surface area contributed by atoms with E-state index in [1.165, 1.54) is 16.8 Å². The van der Waals surface area contributed by atoms with E-state index in [9.17, 15) is 4.79 Å². The molecule has 0 bridgehead atoms. The summed E-state index contributed by atoms with van der Waals surface area (Å²) in [7, 11) is 0. The minimum absolute atomic E-state index is 0.00185. The van der Waals surface area contributed by atoms with Gasteiger partial charge in [-0.15, -0.1) is 11.3 Å². The number of nitrogens with one attached hydrogen (secondary N) is 1. The summed E-state index contributed by atoms with van der Waals surface area (Å²) in [5.74, 6) is -0.00185. The fourth-order valence-electron chi connectivity index (χ4n) is 3.73. The normalized spacial score (nSPS) is 12.9. The van der Waals surface area contributed by atoms with E-state index >= 15 is 0 Å². The first-order chi connectivity index (χ1) is 13.5. The lowest BCUT2D eigenvalue weighted by Crippen LogP contribution is -2.19. The third-order valence-electron chi connectivity index (χ3n) is 5.19. The van der Waals surface area contributed by atoms with Gasteiger partial charge >= 0.3 is 0 Å². The van der Waals surface area contributed by atoms with E-state index in [4.69, 9.17) is 0 Å². The third kappa shape index (κ3) is 3.80. The topological polar surface area (TPSA) is 45.2 Å². The van der Waals surface area contributed by atoms with Gasteiger partial charge in [-0.3, -0.25) is 4.79 Å². The summed E-state index contributed by atoms with van der Waals surface area (Å²) in [4.78, 5) is 20.8. The van der Waals surface area contributed by atoms with Gasteiger partial charge in [0.2, 0.25) is 5.91 Å². The summed E-state index contributed by atoms with van der Waals surface area (Å²) < 4.78 is 0. The van der Waals surface area contributed by atoms with E-state index in [-0.39, 0.29) is 5.91 Å². The highest BCUT2D eigenvalue weighted by Crippen LogP contribution is 2.31. The number of anilines is 2. The first-order valence-corrected chi connectivity index (χ1v) is 10.6. The molecule has 0 atom stereocenters. The number of thiazole rings is 1. The van der Waals surface area contributed by atoms with Gasteiger partial charge < -0.3 is 10.2 Å². The summed E-state index contributed by atoms with van der Waals surface area (Å²) in [6.07, 6.45) is 1.42. The van der Waals surface area contributed by atoms with Crippen LogP contribution in [-0.2, 0) is 17.6 Å². The Bertz CT molecular complexity index is 1010. The molecule has 1 aromatic heterocycles. The molecule has 4 rings (SSSR count). The van der Waals surface area contributed by atoms with Crippen LogP contribution < -0.4 is 10.2 Å². The largest absolute Gasteiger partial charge is 0.371 e. The number of likely N-dealkylation sites (N-methyl/N-ethyl adjacent to an activating group) is 1. The number of rotatable bonds is 5. The number of benzene rings is 2. The number of carbonyl (C=O) groups excluding carboxylic acids is 1. The second-order valence-electron chi connectivity index (χ2n) is 7.27. The number of aryl methyl sites for hydroxylation is 2. The van der Waals surface area contributed by atoms with Gasteiger partial charge in [0.1, 0.15) is 0 Å². The molecule has 1 aliphatic heterocycles. The van der Waals surface area contributed by atoms with E-state index in [0.29, 0.717) is 6.42 Å². The van der Waals surface area contributed by atoms with Crippen LogP contribution in [0.5, 0.6) is 0 Å². The van der Waals surface area contributed by atoms with E-state index < -0.39 is 0 Å². The molecule has 144 valence electrons. The van der Waals surface area contributed by atoms with Gasteiger partial charge in [-0.1, -0.05) is 35.9 Å². The molecule has 4 nitrogen and oxygen atoms in total. The summed E-state index contributed by atoms with van der Waals surface area (Å²) in [5, 5.41) is 4.06. The van der Waals surface area contributed by atoms with Gasteiger partial charge in [0.25, 0.3) is 0 Å². The first kappa shape index (κ1) is 18.7. The molecule has 0 fully saturated rings. The van der Waals surface area contributed by atoms with Crippen LogP contribution in [0.25, 0.3) is 11.3 Å². The second kappa shape index (κ2) is 7.76. The summed E-state index contributed by atoms with van der Waals surface area (Å²) >= 11 is 1.60. The fraction of sp³-hybridized carbons (Fsp3) is 0.304. The molecule has 0 radical (unpaired) electrons. The Balaban J connectivity index is 1.51. The highest BCUT2D eigenvalue weighted by Gasteiger charge is 2.19. The standard InChI is InChI=1S/C23H25N3OS/c1-4-26-12-11-17-9-10-19(13-20(17)26)25-22(27)14-21-23(24-16(3)28-21)18-7-5-15(2)6-8-18/h5-10,13H,4,11-12,14H2,1-3H3,(H,25,27). The van der Waals surface area contributed by atoms with Crippen LogP contribution in [0.2, 0.25) is 0 Å². The zero-order chi connectivity index (χ0) is 19.7. The maximum Gasteiger partial charge on any atom is 0.229 e. The number of amides is 1. The SMILES string of the molecule is CCN1CCc2ccc(NC(=O)Cc3sc(C)nc3-c3ccc(C)cc3)cc21. The van der Waals surface area contributed by atoms with Crippen LogP contribution in [0.15, 0.2) is 42.5 Å². The van der Waals surface area contributed by atoms with Crippen LogP contribution in [0.1, 0.15) is 27.9 Å². The van der Waals surface area contributed by atoms with Gasteiger partial charge in [0, 0.05) is 34.9 Å². The second-order valence-corrected chi connectivity index (χ2v) is 8.56. The Morgan fingerprint density at radius 2 is 1.96 bits per heavy atom. The molecule has 0 aliphatic carbocycles. The molecule has 1 aliphatic rings. The molecule has 0 unspecified atom stereocenters. The number of fused-ring (bicyclic) bond motifs is 1. The Morgan fingerprint density at radius 3 is 2.71 bits per heavy atom. The molecule has 0 saturated heterocycles. The lowest BCUT2D eigenvalue weighted by molar-refractivity contribution is -0.115. The lowest BCUT2D eigenvalue weighted by Gasteiger charge is -2.17. The third-order valence-corrected chi connectivity index (χ3v) is 6.16. The van der Waals surface area contributed by atoms with Gasteiger partial charge in [-0.05, 0) is 44.9 Å². The molecule has 1 N–H and O–H groups in total. The van der Waals surface area contributed by atoms with Crippen molar-refractivity contribution in [3.8, 4) is 11.3 Å². The summed E-state index contributed by atoms with van der Waals surface area (Å²) in [5.41, 5.74) is 6.67. The first-order valence-electron chi connectivity index (χ1n) is 9.74. The zero-order valence-electron chi connectivity index (χ0n) is 16.6. The molecule has 2 aromatic carbocycles. The van der Waals surface area contributed by atoms with Crippen LogP contribution >= 0.6 is 11.3 Å².